The van der Waals surface area contributed by atoms with Crippen molar-refractivity contribution >= 4 is 0 Å². The number of alkyl halides is 2. The summed E-state index contributed by atoms with van der Waals surface area (Å²) in [6.07, 6.45) is 0.643. The maximum atomic E-state index is 12.4. The third-order valence-corrected chi connectivity index (χ3v) is 1.77. The molecule has 0 aromatic rings. The van der Waals surface area contributed by atoms with Gasteiger partial charge in [-0.05, 0) is 13.3 Å². The summed E-state index contributed by atoms with van der Waals surface area (Å²) in [6.45, 7) is 2.28. The van der Waals surface area contributed by atoms with Gasteiger partial charge in [0.15, 0.2) is 0 Å². The molecule has 1 atom stereocenters. The number of ether oxygens (including phenoxy) is 2. The fourth-order valence-electron chi connectivity index (χ4n) is 0.953. The molecule has 0 aromatic carbocycles. The van der Waals surface area contributed by atoms with Crippen LogP contribution in [0.25, 0.3) is 0 Å². The standard InChI is InChI=1S/C8H12F2O2/c1-2-4-11-5-3-7-6-12-8(7,9)10/h2,4,7H,3,5-6H2,1H3. The highest BCUT2D eigenvalue weighted by Gasteiger charge is 2.49. The fraction of sp³-hybridized carbons (Fsp3) is 0.750. The molecule has 0 spiro atoms. The summed E-state index contributed by atoms with van der Waals surface area (Å²) < 4.78 is 33.8. The summed E-state index contributed by atoms with van der Waals surface area (Å²) in [5.41, 5.74) is 0. The second-order valence-electron chi connectivity index (χ2n) is 2.70. The molecule has 2 nitrogen and oxygen atoms in total. The Hall–Kier alpha value is -0.640. The minimum atomic E-state index is -2.92. The molecule has 70 valence electrons. The summed E-state index contributed by atoms with van der Waals surface area (Å²) in [7, 11) is 0. The van der Waals surface area contributed by atoms with E-state index in [2.05, 4.69) is 4.74 Å². The zero-order valence-corrected chi connectivity index (χ0v) is 6.93. The Labute approximate surface area is 70.2 Å². The van der Waals surface area contributed by atoms with Crippen LogP contribution >= 0.6 is 0 Å². The van der Waals surface area contributed by atoms with E-state index in [0.717, 1.165) is 0 Å². The van der Waals surface area contributed by atoms with E-state index in [9.17, 15) is 8.78 Å². The number of hydrogen-bond donors (Lipinski definition) is 0. The molecule has 0 saturated carbocycles. The van der Waals surface area contributed by atoms with Crippen LogP contribution in [0.1, 0.15) is 13.3 Å². The molecule has 1 fully saturated rings. The first-order valence-electron chi connectivity index (χ1n) is 3.91. The SMILES string of the molecule is CC=COCCC1COC1(F)F. The monoisotopic (exact) mass is 178 g/mol. The highest BCUT2D eigenvalue weighted by molar-refractivity contribution is 4.77. The molecule has 0 radical (unpaired) electrons. The smallest absolute Gasteiger partial charge is 0.360 e. The maximum Gasteiger partial charge on any atom is 0.360 e. The van der Waals surface area contributed by atoms with Crippen molar-refractivity contribution in [3.05, 3.63) is 12.3 Å². The van der Waals surface area contributed by atoms with E-state index in [-0.39, 0.29) is 6.61 Å². The van der Waals surface area contributed by atoms with Gasteiger partial charge in [-0.15, -0.1) is 0 Å². The van der Waals surface area contributed by atoms with Gasteiger partial charge in [0.1, 0.15) is 0 Å². The average Bonchev–Trinajstić information content (AvgIpc) is 2.02. The van der Waals surface area contributed by atoms with Gasteiger partial charge >= 0.3 is 6.11 Å². The zero-order valence-electron chi connectivity index (χ0n) is 6.93. The van der Waals surface area contributed by atoms with Crippen LogP contribution in [0.5, 0.6) is 0 Å². The van der Waals surface area contributed by atoms with Gasteiger partial charge in [-0.25, -0.2) is 0 Å². The van der Waals surface area contributed by atoms with Gasteiger partial charge in [0.2, 0.25) is 0 Å². The molecule has 0 bridgehead atoms. The summed E-state index contributed by atoms with van der Waals surface area (Å²) in [4.78, 5) is 0. The summed E-state index contributed by atoms with van der Waals surface area (Å²) in [5.74, 6) is -0.664. The average molecular weight is 178 g/mol. The van der Waals surface area contributed by atoms with E-state index in [1.54, 1.807) is 13.0 Å². The van der Waals surface area contributed by atoms with E-state index in [1.165, 1.54) is 6.26 Å². The van der Waals surface area contributed by atoms with E-state index in [1.807, 2.05) is 0 Å². The van der Waals surface area contributed by atoms with Crippen LogP contribution in [0.2, 0.25) is 0 Å². The molecule has 1 aliphatic rings. The van der Waals surface area contributed by atoms with E-state index >= 15 is 0 Å². The molecule has 1 unspecified atom stereocenters. The molecule has 4 heteroatoms. The topological polar surface area (TPSA) is 18.5 Å². The van der Waals surface area contributed by atoms with Crippen LogP contribution in [0.15, 0.2) is 12.3 Å². The van der Waals surface area contributed by atoms with Crippen molar-refractivity contribution in [1.82, 2.24) is 0 Å². The van der Waals surface area contributed by atoms with Crippen LogP contribution in [-0.4, -0.2) is 19.3 Å². The molecule has 12 heavy (non-hydrogen) atoms. The van der Waals surface area contributed by atoms with Gasteiger partial charge in [-0.2, -0.15) is 8.78 Å². The number of rotatable bonds is 4. The Kier molecular flexibility index (Phi) is 3.03. The third kappa shape index (κ3) is 2.17. The lowest BCUT2D eigenvalue weighted by Gasteiger charge is -2.35. The van der Waals surface area contributed by atoms with Gasteiger partial charge in [0.05, 0.1) is 25.4 Å². The molecular weight excluding hydrogens is 166 g/mol. The molecule has 0 N–H and O–H groups in total. The molecule has 0 amide bonds. The molecule has 1 heterocycles. The van der Waals surface area contributed by atoms with E-state index < -0.39 is 12.0 Å². The van der Waals surface area contributed by atoms with Crippen molar-refractivity contribution < 1.29 is 18.3 Å². The fourth-order valence-corrected chi connectivity index (χ4v) is 0.953. The summed E-state index contributed by atoms with van der Waals surface area (Å²) in [6, 6.07) is 0. The Balaban J connectivity index is 2.08. The second kappa shape index (κ2) is 3.85. The minimum Gasteiger partial charge on any atom is -0.502 e. The van der Waals surface area contributed by atoms with Crippen molar-refractivity contribution in [2.45, 2.75) is 19.5 Å². The highest BCUT2D eigenvalue weighted by atomic mass is 19.3. The first kappa shape index (κ1) is 9.45. The van der Waals surface area contributed by atoms with Gasteiger partial charge < -0.3 is 9.47 Å². The van der Waals surface area contributed by atoms with Gasteiger partial charge in [-0.1, -0.05) is 6.08 Å². The lowest BCUT2D eigenvalue weighted by molar-refractivity contribution is -0.359. The Bertz CT molecular complexity index is 168. The second-order valence-corrected chi connectivity index (χ2v) is 2.70. The van der Waals surface area contributed by atoms with Crippen molar-refractivity contribution in [2.75, 3.05) is 13.2 Å². The maximum absolute atomic E-state index is 12.4. The molecule has 0 aromatic heterocycles. The van der Waals surface area contributed by atoms with Crippen molar-refractivity contribution in [2.24, 2.45) is 5.92 Å². The van der Waals surface area contributed by atoms with Crippen LogP contribution in [0.3, 0.4) is 0 Å². The van der Waals surface area contributed by atoms with E-state index in [0.29, 0.717) is 13.0 Å². The Morgan fingerprint density at radius 1 is 1.67 bits per heavy atom. The third-order valence-electron chi connectivity index (χ3n) is 1.77. The van der Waals surface area contributed by atoms with Gasteiger partial charge in [-0.3, -0.25) is 0 Å². The lowest BCUT2D eigenvalue weighted by Crippen LogP contribution is -2.46. The molecule has 0 aliphatic carbocycles. The summed E-state index contributed by atoms with van der Waals surface area (Å²) in [5, 5.41) is 0. The quantitative estimate of drug-likeness (QED) is 0.485. The first-order valence-corrected chi connectivity index (χ1v) is 3.91. The zero-order chi connectivity index (χ0) is 9.03. The van der Waals surface area contributed by atoms with Gasteiger partial charge in [0.25, 0.3) is 0 Å². The Morgan fingerprint density at radius 2 is 2.42 bits per heavy atom. The van der Waals surface area contributed by atoms with Gasteiger partial charge in [0, 0.05) is 0 Å². The molecule has 1 rings (SSSR count). The highest BCUT2D eigenvalue weighted by Crippen LogP contribution is 2.37. The van der Waals surface area contributed by atoms with Crippen LogP contribution in [0.4, 0.5) is 8.78 Å². The normalized spacial score (nSPS) is 27.1. The summed E-state index contributed by atoms with van der Waals surface area (Å²) >= 11 is 0. The van der Waals surface area contributed by atoms with Crippen molar-refractivity contribution in [1.29, 1.82) is 0 Å². The predicted octanol–water partition coefficient (Wildman–Crippen LogP) is 2.17. The van der Waals surface area contributed by atoms with Crippen LogP contribution in [0, 0.1) is 5.92 Å². The Morgan fingerprint density at radius 3 is 2.83 bits per heavy atom. The molecule has 1 aliphatic heterocycles. The van der Waals surface area contributed by atoms with Crippen LogP contribution < -0.4 is 0 Å². The number of allylic oxidation sites excluding steroid dienone is 1. The van der Waals surface area contributed by atoms with E-state index in [4.69, 9.17) is 4.74 Å². The molecule has 1 saturated heterocycles. The minimum absolute atomic E-state index is 0.145. The molecular formula is C8H12F2O2. The predicted molar refractivity (Wildman–Crippen MR) is 39.8 cm³/mol. The largest absolute Gasteiger partial charge is 0.502 e. The first-order chi connectivity index (χ1) is 5.67. The van der Waals surface area contributed by atoms with Crippen LogP contribution in [-0.2, 0) is 9.47 Å². The number of hydrogen-bond acceptors (Lipinski definition) is 2. The number of halogens is 2. The van der Waals surface area contributed by atoms with Crippen molar-refractivity contribution in [3.8, 4) is 0 Å². The van der Waals surface area contributed by atoms with Crippen molar-refractivity contribution in [3.63, 3.8) is 0 Å². The lowest BCUT2D eigenvalue weighted by atomic mass is 10.0.